The van der Waals surface area contributed by atoms with E-state index in [1.54, 1.807) is 12.2 Å². The van der Waals surface area contributed by atoms with Crippen LogP contribution in [0.2, 0.25) is 0 Å². The van der Waals surface area contributed by atoms with Gasteiger partial charge in [0.05, 0.1) is 0 Å². The number of anilines is 3. The SMILES string of the molecule is C=CCNc1nc(NCC=C)nc(NCCN(CC)CC=Cc2ccccc2)n1. The van der Waals surface area contributed by atoms with Crippen molar-refractivity contribution in [1.82, 2.24) is 19.9 Å². The lowest BCUT2D eigenvalue weighted by atomic mass is 10.2. The van der Waals surface area contributed by atoms with Crippen LogP contribution in [0, 0.1) is 0 Å². The molecular formula is C22H31N7. The Hall–Kier alpha value is -3.19. The minimum Gasteiger partial charge on any atom is -0.353 e. The van der Waals surface area contributed by atoms with Crippen LogP contribution in [-0.4, -0.2) is 59.1 Å². The lowest BCUT2D eigenvalue weighted by molar-refractivity contribution is 0.332. The maximum absolute atomic E-state index is 4.41. The van der Waals surface area contributed by atoms with Gasteiger partial charge in [-0.15, -0.1) is 13.2 Å². The highest BCUT2D eigenvalue weighted by Crippen LogP contribution is 2.09. The number of nitrogens with one attached hydrogen (secondary N) is 3. The number of likely N-dealkylation sites (N-methyl/N-ethyl adjacent to an activating group) is 1. The minimum absolute atomic E-state index is 0.507. The summed E-state index contributed by atoms with van der Waals surface area (Å²) >= 11 is 0. The molecule has 0 unspecified atom stereocenters. The molecule has 0 spiro atoms. The second-order valence-corrected chi connectivity index (χ2v) is 6.28. The highest BCUT2D eigenvalue weighted by atomic mass is 15.3. The Morgan fingerprint density at radius 1 is 0.897 bits per heavy atom. The molecule has 0 aliphatic rings. The third-order valence-corrected chi connectivity index (χ3v) is 4.08. The number of hydrogen-bond acceptors (Lipinski definition) is 7. The molecular weight excluding hydrogens is 362 g/mol. The van der Waals surface area contributed by atoms with Crippen molar-refractivity contribution in [1.29, 1.82) is 0 Å². The van der Waals surface area contributed by atoms with Gasteiger partial charge in [-0.3, -0.25) is 4.90 Å². The van der Waals surface area contributed by atoms with Crippen molar-refractivity contribution in [2.24, 2.45) is 0 Å². The zero-order valence-corrected chi connectivity index (χ0v) is 17.1. The van der Waals surface area contributed by atoms with Gasteiger partial charge in [-0.2, -0.15) is 15.0 Å². The van der Waals surface area contributed by atoms with Crippen molar-refractivity contribution in [3.05, 3.63) is 67.3 Å². The standard InChI is InChI=1S/C22H31N7/c1-4-14-23-20-26-21(24-15-5-2)28-22(27-20)25-16-18-29(6-3)17-10-13-19-11-8-7-9-12-19/h4-5,7-13H,1-2,6,14-18H2,3H3,(H3,23,24,25,26,27,28). The zero-order valence-electron chi connectivity index (χ0n) is 17.1. The second-order valence-electron chi connectivity index (χ2n) is 6.28. The summed E-state index contributed by atoms with van der Waals surface area (Å²) in [4.78, 5) is 15.5. The van der Waals surface area contributed by atoms with E-state index in [2.05, 4.69) is 80.2 Å². The van der Waals surface area contributed by atoms with Crippen molar-refractivity contribution < 1.29 is 0 Å². The normalized spacial score (nSPS) is 10.8. The lowest BCUT2D eigenvalue weighted by Crippen LogP contribution is -2.29. The van der Waals surface area contributed by atoms with Gasteiger partial charge in [-0.25, -0.2) is 0 Å². The number of rotatable bonds is 14. The Balaban J connectivity index is 1.88. The molecule has 0 saturated heterocycles. The fourth-order valence-corrected chi connectivity index (χ4v) is 2.55. The van der Waals surface area contributed by atoms with Crippen LogP contribution in [0.1, 0.15) is 12.5 Å². The van der Waals surface area contributed by atoms with Gasteiger partial charge in [0.1, 0.15) is 0 Å². The highest BCUT2D eigenvalue weighted by molar-refractivity contribution is 5.48. The van der Waals surface area contributed by atoms with Crippen molar-refractivity contribution in [2.75, 3.05) is 55.2 Å². The molecule has 2 rings (SSSR count). The van der Waals surface area contributed by atoms with Crippen molar-refractivity contribution in [3.63, 3.8) is 0 Å². The van der Waals surface area contributed by atoms with E-state index in [-0.39, 0.29) is 0 Å². The second kappa shape index (κ2) is 13.1. The summed E-state index contributed by atoms with van der Waals surface area (Å²) in [5.74, 6) is 1.55. The Labute approximate surface area is 173 Å². The Kier molecular flexibility index (Phi) is 9.96. The maximum Gasteiger partial charge on any atom is 0.229 e. The molecule has 0 amide bonds. The summed E-state index contributed by atoms with van der Waals surface area (Å²) < 4.78 is 0. The summed E-state index contributed by atoms with van der Waals surface area (Å²) in [6.07, 6.45) is 7.86. The number of aromatic nitrogens is 3. The van der Waals surface area contributed by atoms with E-state index in [1.807, 2.05) is 18.2 Å². The van der Waals surface area contributed by atoms with E-state index < -0.39 is 0 Å². The Morgan fingerprint density at radius 3 is 2.03 bits per heavy atom. The van der Waals surface area contributed by atoms with E-state index in [0.717, 1.165) is 26.2 Å². The fraction of sp³-hybridized carbons (Fsp3) is 0.318. The molecule has 1 aromatic heterocycles. The molecule has 1 aromatic carbocycles. The number of hydrogen-bond donors (Lipinski definition) is 3. The van der Waals surface area contributed by atoms with Crippen LogP contribution in [0.4, 0.5) is 17.8 Å². The fourth-order valence-electron chi connectivity index (χ4n) is 2.55. The summed E-state index contributed by atoms with van der Waals surface area (Å²) in [6.45, 7) is 14.2. The average Bonchev–Trinajstić information content (AvgIpc) is 2.76. The van der Waals surface area contributed by atoms with E-state index in [9.17, 15) is 0 Å². The molecule has 3 N–H and O–H groups in total. The largest absolute Gasteiger partial charge is 0.353 e. The molecule has 154 valence electrons. The first-order chi connectivity index (χ1) is 14.2. The molecule has 7 heteroatoms. The lowest BCUT2D eigenvalue weighted by Gasteiger charge is -2.18. The van der Waals surface area contributed by atoms with Crippen LogP contribution in [0.5, 0.6) is 0 Å². The summed E-state index contributed by atoms with van der Waals surface area (Å²) in [6, 6.07) is 10.3. The number of benzene rings is 1. The first kappa shape index (κ1) is 22.1. The molecule has 0 aliphatic heterocycles. The minimum atomic E-state index is 0.507. The van der Waals surface area contributed by atoms with Gasteiger partial charge >= 0.3 is 0 Å². The van der Waals surface area contributed by atoms with E-state index in [0.29, 0.717) is 30.9 Å². The van der Waals surface area contributed by atoms with E-state index in [4.69, 9.17) is 0 Å². The van der Waals surface area contributed by atoms with Crippen LogP contribution in [0.3, 0.4) is 0 Å². The summed E-state index contributed by atoms with van der Waals surface area (Å²) in [5.41, 5.74) is 1.21. The molecule has 0 fully saturated rings. The first-order valence-electron chi connectivity index (χ1n) is 9.88. The van der Waals surface area contributed by atoms with Crippen molar-refractivity contribution >= 4 is 23.9 Å². The van der Waals surface area contributed by atoms with Gasteiger partial charge < -0.3 is 16.0 Å². The summed E-state index contributed by atoms with van der Waals surface area (Å²) in [5, 5.41) is 9.49. The van der Waals surface area contributed by atoms with Crippen LogP contribution in [0.15, 0.2) is 61.7 Å². The molecule has 0 radical (unpaired) electrons. The van der Waals surface area contributed by atoms with Gasteiger partial charge in [0.2, 0.25) is 17.8 Å². The molecule has 2 aromatic rings. The molecule has 7 nitrogen and oxygen atoms in total. The first-order valence-corrected chi connectivity index (χ1v) is 9.88. The summed E-state index contributed by atoms with van der Waals surface area (Å²) in [7, 11) is 0. The van der Waals surface area contributed by atoms with Gasteiger partial charge in [0.15, 0.2) is 0 Å². The quantitative estimate of drug-likeness (QED) is 0.424. The highest BCUT2D eigenvalue weighted by Gasteiger charge is 2.06. The smallest absolute Gasteiger partial charge is 0.229 e. The number of nitrogens with zero attached hydrogens (tertiary/aromatic N) is 4. The van der Waals surface area contributed by atoms with Crippen LogP contribution < -0.4 is 16.0 Å². The Bertz CT molecular complexity index is 744. The Morgan fingerprint density at radius 2 is 1.48 bits per heavy atom. The average molecular weight is 394 g/mol. The van der Waals surface area contributed by atoms with E-state index >= 15 is 0 Å². The molecule has 0 saturated carbocycles. The predicted molar refractivity (Wildman–Crippen MR) is 123 cm³/mol. The maximum atomic E-state index is 4.41. The topological polar surface area (TPSA) is 78.0 Å². The third-order valence-electron chi connectivity index (χ3n) is 4.08. The van der Waals surface area contributed by atoms with Gasteiger partial charge in [0.25, 0.3) is 0 Å². The van der Waals surface area contributed by atoms with Crippen LogP contribution in [-0.2, 0) is 0 Å². The van der Waals surface area contributed by atoms with Gasteiger partial charge in [0, 0.05) is 32.7 Å². The van der Waals surface area contributed by atoms with Crippen LogP contribution in [0.25, 0.3) is 6.08 Å². The van der Waals surface area contributed by atoms with Crippen molar-refractivity contribution in [3.8, 4) is 0 Å². The monoisotopic (exact) mass is 393 g/mol. The van der Waals surface area contributed by atoms with Gasteiger partial charge in [-0.05, 0) is 12.1 Å². The van der Waals surface area contributed by atoms with Gasteiger partial charge in [-0.1, -0.05) is 61.6 Å². The molecule has 0 atom stereocenters. The predicted octanol–water partition coefficient (Wildman–Crippen LogP) is 3.51. The third kappa shape index (κ3) is 8.57. The van der Waals surface area contributed by atoms with Crippen molar-refractivity contribution in [2.45, 2.75) is 6.92 Å². The van der Waals surface area contributed by atoms with Crippen LogP contribution >= 0.6 is 0 Å². The molecule has 1 heterocycles. The molecule has 0 bridgehead atoms. The molecule has 0 aliphatic carbocycles. The molecule has 29 heavy (non-hydrogen) atoms. The zero-order chi connectivity index (χ0) is 20.7. The van der Waals surface area contributed by atoms with E-state index in [1.165, 1.54) is 5.56 Å².